The van der Waals surface area contributed by atoms with E-state index in [2.05, 4.69) is 23.8 Å². The van der Waals surface area contributed by atoms with Crippen molar-refractivity contribution in [2.45, 2.75) is 33.7 Å². The Morgan fingerprint density at radius 2 is 2.00 bits per heavy atom. The van der Waals surface area contributed by atoms with Gasteiger partial charge in [0.2, 0.25) is 5.95 Å². The van der Waals surface area contributed by atoms with E-state index in [1.54, 1.807) is 0 Å². The summed E-state index contributed by atoms with van der Waals surface area (Å²) in [6.07, 6.45) is 1.12. The molecule has 5 heteroatoms. The summed E-state index contributed by atoms with van der Waals surface area (Å²) in [5.41, 5.74) is 5.48. The molecular weight excluding hydrogens is 207 g/mol. The van der Waals surface area contributed by atoms with Gasteiger partial charge in [-0.05, 0) is 19.8 Å². The Morgan fingerprint density at radius 3 is 2.50 bits per heavy atom. The predicted octanol–water partition coefficient (Wildman–Crippen LogP) is 2.07. The van der Waals surface area contributed by atoms with Gasteiger partial charge in [0.05, 0.1) is 6.20 Å². The number of halogens is 1. The third-order valence-corrected chi connectivity index (χ3v) is 2.20. The second kappa shape index (κ2) is 5.09. The Labute approximate surface area is 95.7 Å². The Kier molecular flexibility index (Phi) is 4.04. The highest BCUT2D eigenvalue weighted by Gasteiger charge is 2.18. The zero-order valence-electron chi connectivity index (χ0n) is 10.2. The van der Waals surface area contributed by atoms with Gasteiger partial charge < -0.3 is 10.6 Å². The Bertz CT molecular complexity index is 352. The molecule has 1 aromatic heterocycles. The first-order valence-electron chi connectivity index (χ1n) is 5.46. The second-order valence-corrected chi connectivity index (χ2v) is 4.54. The van der Waals surface area contributed by atoms with Gasteiger partial charge in [-0.1, -0.05) is 13.8 Å². The number of rotatable bonds is 4. The standard InChI is InChI=1S/C11H19FN4/c1-7(2)6-16(8(3)4)10-9(12)5-14-11(13)15-10/h5,7-8H,6H2,1-4H3,(H2,13,14,15). The number of hydrogen-bond donors (Lipinski definition) is 1. The molecule has 1 aromatic rings. The van der Waals surface area contributed by atoms with Crippen molar-refractivity contribution in [2.75, 3.05) is 17.2 Å². The first-order chi connectivity index (χ1) is 7.41. The lowest BCUT2D eigenvalue weighted by atomic mass is 10.2. The molecule has 0 bridgehead atoms. The normalized spacial score (nSPS) is 11.2. The highest BCUT2D eigenvalue weighted by atomic mass is 19.1. The lowest BCUT2D eigenvalue weighted by molar-refractivity contribution is 0.540. The maximum atomic E-state index is 13.6. The largest absolute Gasteiger partial charge is 0.368 e. The first kappa shape index (κ1) is 12.7. The van der Waals surface area contributed by atoms with Crippen LogP contribution in [0.25, 0.3) is 0 Å². The molecule has 0 amide bonds. The van der Waals surface area contributed by atoms with Crippen LogP contribution in [-0.2, 0) is 0 Å². The first-order valence-corrected chi connectivity index (χ1v) is 5.46. The van der Waals surface area contributed by atoms with Crippen molar-refractivity contribution in [3.63, 3.8) is 0 Å². The molecule has 0 aliphatic rings. The van der Waals surface area contributed by atoms with Gasteiger partial charge in [-0.3, -0.25) is 0 Å². The Balaban J connectivity index is 3.05. The van der Waals surface area contributed by atoms with E-state index in [0.29, 0.717) is 5.92 Å². The molecule has 0 saturated heterocycles. The van der Waals surface area contributed by atoms with E-state index in [9.17, 15) is 4.39 Å². The molecule has 0 aliphatic carbocycles. The van der Waals surface area contributed by atoms with Crippen LogP contribution in [0.1, 0.15) is 27.7 Å². The predicted molar refractivity (Wildman–Crippen MR) is 63.7 cm³/mol. The van der Waals surface area contributed by atoms with Gasteiger partial charge in [0.15, 0.2) is 11.6 Å². The van der Waals surface area contributed by atoms with Gasteiger partial charge in [-0.25, -0.2) is 9.37 Å². The topological polar surface area (TPSA) is 55.0 Å². The average Bonchev–Trinajstić information content (AvgIpc) is 2.18. The van der Waals surface area contributed by atoms with Crippen molar-refractivity contribution in [2.24, 2.45) is 5.92 Å². The number of nitrogens with zero attached hydrogens (tertiary/aromatic N) is 3. The summed E-state index contributed by atoms with van der Waals surface area (Å²) in [6, 6.07) is 0.172. The van der Waals surface area contributed by atoms with Crippen LogP contribution < -0.4 is 10.6 Å². The molecule has 0 spiro atoms. The molecule has 0 unspecified atom stereocenters. The lowest BCUT2D eigenvalue weighted by Crippen LogP contribution is -2.35. The number of nitrogen functional groups attached to an aromatic ring is 1. The average molecular weight is 226 g/mol. The zero-order chi connectivity index (χ0) is 12.3. The molecule has 0 aromatic carbocycles. The SMILES string of the molecule is CC(C)CN(c1nc(N)ncc1F)C(C)C. The van der Waals surface area contributed by atoms with Gasteiger partial charge in [-0.15, -0.1) is 0 Å². The fraction of sp³-hybridized carbons (Fsp3) is 0.636. The highest BCUT2D eigenvalue weighted by Crippen LogP contribution is 2.20. The maximum Gasteiger partial charge on any atom is 0.222 e. The van der Waals surface area contributed by atoms with Crippen molar-refractivity contribution in [3.05, 3.63) is 12.0 Å². The van der Waals surface area contributed by atoms with Crippen molar-refractivity contribution in [1.29, 1.82) is 0 Å². The second-order valence-electron chi connectivity index (χ2n) is 4.54. The van der Waals surface area contributed by atoms with Crippen molar-refractivity contribution in [3.8, 4) is 0 Å². The van der Waals surface area contributed by atoms with Gasteiger partial charge in [0.25, 0.3) is 0 Å². The summed E-state index contributed by atoms with van der Waals surface area (Å²) in [5.74, 6) is 0.392. The van der Waals surface area contributed by atoms with Crippen LogP contribution in [0, 0.1) is 11.7 Å². The van der Waals surface area contributed by atoms with Crippen molar-refractivity contribution >= 4 is 11.8 Å². The van der Waals surface area contributed by atoms with Gasteiger partial charge in [0, 0.05) is 12.6 Å². The highest BCUT2D eigenvalue weighted by molar-refractivity contribution is 5.43. The number of anilines is 2. The van der Waals surface area contributed by atoms with Gasteiger partial charge in [-0.2, -0.15) is 4.98 Å². The zero-order valence-corrected chi connectivity index (χ0v) is 10.2. The molecule has 1 heterocycles. The smallest absolute Gasteiger partial charge is 0.222 e. The fourth-order valence-electron chi connectivity index (χ4n) is 1.51. The van der Waals surface area contributed by atoms with E-state index < -0.39 is 5.82 Å². The molecular formula is C11H19FN4. The maximum absolute atomic E-state index is 13.6. The summed E-state index contributed by atoms with van der Waals surface area (Å²) >= 11 is 0. The minimum Gasteiger partial charge on any atom is -0.368 e. The van der Waals surface area contributed by atoms with Crippen LogP contribution in [-0.4, -0.2) is 22.6 Å². The van der Waals surface area contributed by atoms with Crippen LogP contribution in [0.5, 0.6) is 0 Å². The molecule has 16 heavy (non-hydrogen) atoms. The Hall–Kier alpha value is -1.39. The molecule has 1 rings (SSSR count). The molecule has 0 aliphatic heterocycles. The monoisotopic (exact) mass is 226 g/mol. The van der Waals surface area contributed by atoms with Gasteiger partial charge >= 0.3 is 0 Å². The van der Waals surface area contributed by atoms with E-state index in [-0.39, 0.29) is 17.8 Å². The molecule has 90 valence electrons. The number of hydrogen-bond acceptors (Lipinski definition) is 4. The van der Waals surface area contributed by atoms with E-state index >= 15 is 0 Å². The van der Waals surface area contributed by atoms with Crippen LogP contribution in [0.4, 0.5) is 16.2 Å². The van der Waals surface area contributed by atoms with Crippen molar-refractivity contribution in [1.82, 2.24) is 9.97 Å². The van der Waals surface area contributed by atoms with Crippen LogP contribution in [0.3, 0.4) is 0 Å². The van der Waals surface area contributed by atoms with E-state index in [1.165, 1.54) is 0 Å². The fourth-order valence-corrected chi connectivity index (χ4v) is 1.51. The number of aromatic nitrogens is 2. The third-order valence-electron chi connectivity index (χ3n) is 2.20. The summed E-state index contributed by atoms with van der Waals surface area (Å²) < 4.78 is 13.6. The van der Waals surface area contributed by atoms with E-state index in [1.807, 2.05) is 18.7 Å². The summed E-state index contributed by atoms with van der Waals surface area (Å²) in [7, 11) is 0. The van der Waals surface area contributed by atoms with Crippen LogP contribution in [0.15, 0.2) is 6.20 Å². The van der Waals surface area contributed by atoms with Gasteiger partial charge in [0.1, 0.15) is 0 Å². The van der Waals surface area contributed by atoms with E-state index in [4.69, 9.17) is 5.73 Å². The summed E-state index contributed by atoms with van der Waals surface area (Å²) in [6.45, 7) is 8.90. The third kappa shape index (κ3) is 3.05. The van der Waals surface area contributed by atoms with Crippen molar-refractivity contribution < 1.29 is 4.39 Å². The molecule has 2 N–H and O–H groups in total. The quantitative estimate of drug-likeness (QED) is 0.854. The summed E-state index contributed by atoms with van der Waals surface area (Å²) in [4.78, 5) is 9.49. The molecule has 0 saturated carbocycles. The molecule has 4 nitrogen and oxygen atoms in total. The van der Waals surface area contributed by atoms with Crippen LogP contribution in [0.2, 0.25) is 0 Å². The minimum absolute atomic E-state index is 0.103. The molecule has 0 radical (unpaired) electrons. The number of nitrogens with two attached hydrogens (primary N) is 1. The van der Waals surface area contributed by atoms with E-state index in [0.717, 1.165) is 12.7 Å². The summed E-state index contributed by atoms with van der Waals surface area (Å²) in [5, 5.41) is 0. The lowest BCUT2D eigenvalue weighted by Gasteiger charge is -2.29. The van der Waals surface area contributed by atoms with Crippen LogP contribution >= 0.6 is 0 Å². The Morgan fingerprint density at radius 1 is 1.38 bits per heavy atom. The minimum atomic E-state index is -0.427. The molecule has 0 atom stereocenters. The molecule has 0 fully saturated rings.